The quantitative estimate of drug-likeness (QED) is 0.353. The van der Waals surface area contributed by atoms with E-state index in [0.29, 0.717) is 12.0 Å². The molecule has 1 aliphatic heterocycles. The first-order valence-electron chi connectivity index (χ1n) is 9.99. The number of hydrogen-bond donors (Lipinski definition) is 2. The van der Waals surface area contributed by atoms with Crippen LogP contribution in [0.1, 0.15) is 31.9 Å². The lowest BCUT2D eigenvalue weighted by molar-refractivity contribution is 0.0900. The Morgan fingerprint density at radius 2 is 1.70 bits per heavy atom. The maximum Gasteiger partial charge on any atom is 0.191 e. The predicted octanol–water partition coefficient (Wildman–Crippen LogP) is 2.80. The van der Waals surface area contributed by atoms with E-state index < -0.39 is 0 Å². The average molecular weight is 487 g/mol. The third kappa shape index (κ3) is 7.58. The smallest absolute Gasteiger partial charge is 0.191 e. The zero-order valence-corrected chi connectivity index (χ0v) is 20.0. The lowest BCUT2D eigenvalue weighted by atomic mass is 10.0. The fourth-order valence-corrected chi connectivity index (χ4v) is 3.62. The topological polar surface area (TPSA) is 42.9 Å². The van der Waals surface area contributed by atoms with Crippen LogP contribution in [0.3, 0.4) is 0 Å². The van der Waals surface area contributed by atoms with Crippen LogP contribution in [0.2, 0.25) is 0 Å². The van der Waals surface area contributed by atoms with Gasteiger partial charge in [0.25, 0.3) is 0 Å². The molecule has 6 heteroatoms. The van der Waals surface area contributed by atoms with E-state index >= 15 is 0 Å². The molecular weight excluding hydrogens is 449 g/mol. The molecule has 2 rings (SSSR count). The minimum Gasteiger partial charge on any atom is -0.355 e. The van der Waals surface area contributed by atoms with Crippen LogP contribution in [0.25, 0.3) is 0 Å². The zero-order valence-electron chi connectivity index (χ0n) is 17.7. The van der Waals surface area contributed by atoms with Gasteiger partial charge in [-0.05, 0) is 30.5 Å². The third-order valence-corrected chi connectivity index (χ3v) is 5.42. The van der Waals surface area contributed by atoms with Gasteiger partial charge in [-0.3, -0.25) is 9.89 Å². The van der Waals surface area contributed by atoms with Gasteiger partial charge in [-0.15, -0.1) is 24.0 Å². The van der Waals surface area contributed by atoms with Crippen LogP contribution in [0.4, 0.5) is 0 Å². The molecule has 1 aromatic rings. The van der Waals surface area contributed by atoms with Crippen molar-refractivity contribution >= 4 is 29.9 Å². The molecule has 1 aromatic carbocycles. The van der Waals surface area contributed by atoms with E-state index in [4.69, 9.17) is 0 Å². The van der Waals surface area contributed by atoms with Crippen LogP contribution in [0.15, 0.2) is 29.3 Å². The summed E-state index contributed by atoms with van der Waals surface area (Å²) in [6, 6.07) is 9.15. The van der Waals surface area contributed by atoms with Gasteiger partial charge in [0.05, 0.1) is 0 Å². The van der Waals surface area contributed by atoms with Crippen LogP contribution in [-0.4, -0.2) is 68.6 Å². The minimum absolute atomic E-state index is 0. The summed E-state index contributed by atoms with van der Waals surface area (Å²) in [7, 11) is 4.06. The Morgan fingerprint density at radius 3 is 2.26 bits per heavy atom. The van der Waals surface area contributed by atoms with Crippen LogP contribution in [0, 0.1) is 5.92 Å². The van der Waals surface area contributed by atoms with Crippen molar-refractivity contribution in [3.8, 4) is 0 Å². The van der Waals surface area contributed by atoms with Gasteiger partial charge >= 0.3 is 0 Å². The highest BCUT2D eigenvalue weighted by Gasteiger charge is 2.25. The van der Waals surface area contributed by atoms with E-state index in [1.165, 1.54) is 11.1 Å². The number of aliphatic imine (C=N–C) groups is 1. The minimum atomic E-state index is 0. The summed E-state index contributed by atoms with van der Waals surface area (Å²) >= 11 is 0. The molecule has 5 nitrogen and oxygen atoms in total. The van der Waals surface area contributed by atoms with Crippen molar-refractivity contribution in [3.05, 3.63) is 35.4 Å². The second-order valence-corrected chi connectivity index (χ2v) is 7.58. The predicted molar refractivity (Wildman–Crippen MR) is 127 cm³/mol. The lowest BCUT2D eigenvalue weighted by Crippen LogP contribution is -2.55. The fraction of sp³-hybridized carbons (Fsp3) is 0.667. The number of halogens is 1. The summed E-state index contributed by atoms with van der Waals surface area (Å²) in [5.74, 6) is 1.50. The molecule has 154 valence electrons. The van der Waals surface area contributed by atoms with E-state index in [1.54, 1.807) is 0 Å². The molecule has 1 unspecified atom stereocenters. The molecule has 27 heavy (non-hydrogen) atoms. The van der Waals surface area contributed by atoms with Crippen molar-refractivity contribution in [1.29, 1.82) is 0 Å². The van der Waals surface area contributed by atoms with E-state index in [9.17, 15) is 0 Å². The average Bonchev–Trinajstić information content (AvgIpc) is 2.65. The SMILES string of the molecule is CCc1ccccc1CNC(=NC)NCC(C(C)C)N1CCN(C)CC1.I. The van der Waals surface area contributed by atoms with Gasteiger partial charge in [0.1, 0.15) is 0 Å². The normalized spacial score (nSPS) is 17.5. The first kappa shape index (κ1) is 24.2. The molecule has 1 heterocycles. The molecule has 0 aromatic heterocycles. The van der Waals surface area contributed by atoms with Crippen molar-refractivity contribution in [2.45, 2.75) is 39.8 Å². The molecule has 0 spiro atoms. The van der Waals surface area contributed by atoms with E-state index in [1.807, 2.05) is 7.05 Å². The Kier molecular flexibility index (Phi) is 11.3. The summed E-state index contributed by atoms with van der Waals surface area (Å²) in [5, 5.41) is 7.03. The second-order valence-electron chi connectivity index (χ2n) is 7.58. The Labute approximate surface area is 183 Å². The van der Waals surface area contributed by atoms with Crippen molar-refractivity contribution in [2.24, 2.45) is 10.9 Å². The first-order chi connectivity index (χ1) is 12.5. The Bertz CT molecular complexity index is 567. The molecular formula is C21H38IN5. The molecule has 0 saturated carbocycles. The molecule has 2 N–H and O–H groups in total. The molecule has 0 bridgehead atoms. The van der Waals surface area contributed by atoms with Gasteiger partial charge in [-0.1, -0.05) is 45.0 Å². The number of aryl methyl sites for hydroxylation is 1. The summed E-state index contributed by atoms with van der Waals surface area (Å²) in [6.07, 6.45) is 1.06. The summed E-state index contributed by atoms with van der Waals surface area (Å²) in [5.41, 5.74) is 2.74. The second kappa shape index (κ2) is 12.6. The number of likely N-dealkylation sites (N-methyl/N-ethyl adjacent to an activating group) is 1. The molecule has 1 atom stereocenters. The van der Waals surface area contributed by atoms with Gasteiger partial charge in [-0.25, -0.2) is 0 Å². The Balaban J connectivity index is 0.00000364. The Hall–Kier alpha value is -0.860. The van der Waals surface area contributed by atoms with Crippen molar-refractivity contribution in [2.75, 3.05) is 46.8 Å². The summed E-state index contributed by atoms with van der Waals surface area (Å²) in [6.45, 7) is 13.2. The monoisotopic (exact) mass is 487 g/mol. The number of nitrogens with one attached hydrogen (secondary N) is 2. The molecule has 1 saturated heterocycles. The third-order valence-electron chi connectivity index (χ3n) is 5.42. The van der Waals surface area contributed by atoms with Crippen LogP contribution in [0.5, 0.6) is 0 Å². The van der Waals surface area contributed by atoms with Crippen molar-refractivity contribution in [1.82, 2.24) is 20.4 Å². The molecule has 0 amide bonds. The van der Waals surface area contributed by atoms with Gasteiger partial charge in [0.15, 0.2) is 5.96 Å². The van der Waals surface area contributed by atoms with Gasteiger partial charge in [0, 0.05) is 52.4 Å². The van der Waals surface area contributed by atoms with E-state index in [0.717, 1.165) is 51.6 Å². The van der Waals surface area contributed by atoms with Crippen LogP contribution >= 0.6 is 24.0 Å². The summed E-state index contributed by atoms with van der Waals surface area (Å²) < 4.78 is 0. The van der Waals surface area contributed by atoms with Crippen molar-refractivity contribution in [3.63, 3.8) is 0 Å². The number of hydrogen-bond acceptors (Lipinski definition) is 3. The molecule has 0 aliphatic carbocycles. The fourth-order valence-electron chi connectivity index (χ4n) is 3.62. The standard InChI is InChI=1S/C21H37N5.HI/c1-6-18-9-7-8-10-19(18)15-23-21(22-4)24-16-20(17(2)3)26-13-11-25(5)12-14-26;/h7-10,17,20H,6,11-16H2,1-5H3,(H2,22,23,24);1H. The number of piperazine rings is 1. The number of rotatable bonds is 7. The lowest BCUT2D eigenvalue weighted by Gasteiger charge is -2.40. The largest absolute Gasteiger partial charge is 0.355 e. The van der Waals surface area contributed by atoms with E-state index in [2.05, 4.69) is 77.5 Å². The highest BCUT2D eigenvalue weighted by Crippen LogP contribution is 2.13. The van der Waals surface area contributed by atoms with Gasteiger partial charge in [-0.2, -0.15) is 0 Å². The van der Waals surface area contributed by atoms with E-state index in [-0.39, 0.29) is 24.0 Å². The molecule has 0 radical (unpaired) electrons. The highest BCUT2D eigenvalue weighted by molar-refractivity contribution is 14.0. The molecule has 1 aliphatic rings. The highest BCUT2D eigenvalue weighted by atomic mass is 127. The maximum absolute atomic E-state index is 4.41. The van der Waals surface area contributed by atoms with Gasteiger partial charge < -0.3 is 15.5 Å². The zero-order chi connectivity index (χ0) is 18.9. The number of guanidine groups is 1. The van der Waals surface area contributed by atoms with Gasteiger partial charge in [0.2, 0.25) is 0 Å². The first-order valence-corrected chi connectivity index (χ1v) is 9.99. The van der Waals surface area contributed by atoms with Crippen LogP contribution < -0.4 is 10.6 Å². The molecule has 1 fully saturated rings. The number of nitrogens with zero attached hydrogens (tertiary/aromatic N) is 3. The number of benzene rings is 1. The maximum atomic E-state index is 4.41. The van der Waals surface area contributed by atoms with Crippen molar-refractivity contribution < 1.29 is 0 Å². The Morgan fingerprint density at radius 1 is 1.07 bits per heavy atom. The summed E-state index contributed by atoms with van der Waals surface area (Å²) in [4.78, 5) is 9.45. The van der Waals surface area contributed by atoms with Crippen LogP contribution in [-0.2, 0) is 13.0 Å².